The third kappa shape index (κ3) is 4.71. The van der Waals surface area contributed by atoms with Crippen molar-refractivity contribution in [2.24, 2.45) is 0 Å². The van der Waals surface area contributed by atoms with Crippen LogP contribution in [0.5, 0.6) is 0 Å². The van der Waals surface area contributed by atoms with Gasteiger partial charge in [0.2, 0.25) is 10.0 Å². The molecule has 10 heteroatoms. The average molecular weight is 474 g/mol. The van der Waals surface area contributed by atoms with Crippen molar-refractivity contribution in [3.8, 4) is 22.9 Å². The van der Waals surface area contributed by atoms with Crippen molar-refractivity contribution >= 4 is 26.6 Å². The Hall–Kier alpha value is -4.33. The predicted molar refractivity (Wildman–Crippen MR) is 128 cm³/mol. The Morgan fingerprint density at radius 3 is 2.38 bits per heavy atom. The predicted octanol–water partition coefficient (Wildman–Crippen LogP) is 3.49. The van der Waals surface area contributed by atoms with E-state index in [1.165, 1.54) is 34.9 Å². The molecule has 0 amide bonds. The minimum absolute atomic E-state index is 0.0487. The molecule has 0 saturated heterocycles. The molecule has 0 unspecified atom stereocenters. The van der Waals surface area contributed by atoms with Crippen molar-refractivity contribution in [3.63, 3.8) is 0 Å². The molecule has 0 aliphatic rings. The summed E-state index contributed by atoms with van der Waals surface area (Å²) >= 11 is 0. The van der Waals surface area contributed by atoms with Gasteiger partial charge >= 0.3 is 0 Å². The van der Waals surface area contributed by atoms with Gasteiger partial charge in [0.25, 0.3) is 11.2 Å². The standard InChI is InChI=1S/C24H18N4O5S/c1-34(32,33)26-15-16-3-2-4-17(11-16)18-5-6-19-12-20(14-25)24(29)27(23(19)13-18)21-7-9-22(10-8-21)28(30)31/h2-13,26H,15H2,1H3. The van der Waals surface area contributed by atoms with Crippen LogP contribution < -0.4 is 10.3 Å². The Balaban J connectivity index is 1.87. The van der Waals surface area contributed by atoms with Crippen LogP contribution >= 0.6 is 0 Å². The van der Waals surface area contributed by atoms with Crippen molar-refractivity contribution in [1.82, 2.24) is 9.29 Å². The Labute approximate surface area is 194 Å². The fourth-order valence-corrected chi connectivity index (χ4v) is 4.05. The van der Waals surface area contributed by atoms with Crippen LogP contribution in [0.15, 0.2) is 77.6 Å². The number of nitrogens with one attached hydrogen (secondary N) is 1. The molecule has 0 fully saturated rings. The molecule has 4 aromatic rings. The van der Waals surface area contributed by atoms with Gasteiger partial charge in [-0.3, -0.25) is 19.5 Å². The van der Waals surface area contributed by atoms with Gasteiger partial charge < -0.3 is 0 Å². The van der Waals surface area contributed by atoms with Crippen LogP contribution in [-0.2, 0) is 16.6 Å². The molecule has 170 valence electrons. The maximum absolute atomic E-state index is 13.1. The highest BCUT2D eigenvalue weighted by Crippen LogP contribution is 2.27. The molecule has 1 N–H and O–H groups in total. The summed E-state index contributed by atoms with van der Waals surface area (Å²) in [5.41, 5.74) is 2.55. The summed E-state index contributed by atoms with van der Waals surface area (Å²) in [6, 6.07) is 21.7. The van der Waals surface area contributed by atoms with Gasteiger partial charge in [0, 0.05) is 29.8 Å². The zero-order chi connectivity index (χ0) is 24.5. The van der Waals surface area contributed by atoms with Gasteiger partial charge in [-0.2, -0.15) is 5.26 Å². The van der Waals surface area contributed by atoms with Gasteiger partial charge in [-0.25, -0.2) is 13.1 Å². The van der Waals surface area contributed by atoms with Crippen LogP contribution in [0.1, 0.15) is 11.1 Å². The first-order valence-electron chi connectivity index (χ1n) is 10.0. The number of nitro groups is 1. The molecule has 0 radical (unpaired) electrons. The largest absolute Gasteiger partial charge is 0.276 e. The van der Waals surface area contributed by atoms with Crippen molar-refractivity contribution in [2.75, 3.05) is 6.26 Å². The molecule has 9 nitrogen and oxygen atoms in total. The highest BCUT2D eigenvalue weighted by molar-refractivity contribution is 7.88. The van der Waals surface area contributed by atoms with Gasteiger partial charge in [-0.15, -0.1) is 0 Å². The van der Waals surface area contributed by atoms with E-state index in [0.717, 1.165) is 22.9 Å². The SMILES string of the molecule is CS(=O)(=O)NCc1cccc(-c2ccc3cc(C#N)c(=O)n(-c4ccc([N+](=O)[O-])cc4)c3c2)c1. The number of aromatic nitrogens is 1. The number of rotatable bonds is 6. The van der Waals surface area contributed by atoms with Crippen molar-refractivity contribution < 1.29 is 13.3 Å². The van der Waals surface area contributed by atoms with Crippen LogP contribution in [0.2, 0.25) is 0 Å². The summed E-state index contributed by atoms with van der Waals surface area (Å²) in [7, 11) is -3.34. The fourth-order valence-electron chi connectivity index (χ4n) is 3.62. The monoisotopic (exact) mass is 474 g/mol. The molecule has 1 aromatic heterocycles. The van der Waals surface area contributed by atoms with Crippen LogP contribution in [0, 0.1) is 21.4 Å². The summed E-state index contributed by atoms with van der Waals surface area (Å²) in [5.74, 6) is 0. The zero-order valence-corrected chi connectivity index (χ0v) is 18.7. The fraction of sp³-hybridized carbons (Fsp3) is 0.0833. The maximum Gasteiger partial charge on any atom is 0.273 e. The molecule has 4 rings (SSSR count). The summed E-state index contributed by atoms with van der Waals surface area (Å²) < 4.78 is 26.6. The number of benzene rings is 3. The molecule has 0 bridgehead atoms. The number of sulfonamides is 1. The van der Waals surface area contributed by atoms with Gasteiger partial charge in [0.05, 0.1) is 16.7 Å². The van der Waals surface area contributed by atoms with Crippen LogP contribution in [0.4, 0.5) is 5.69 Å². The number of non-ortho nitro benzene ring substituents is 1. The van der Waals surface area contributed by atoms with E-state index in [-0.39, 0.29) is 17.8 Å². The summed E-state index contributed by atoms with van der Waals surface area (Å²) in [5, 5.41) is 21.1. The molecule has 34 heavy (non-hydrogen) atoms. The smallest absolute Gasteiger partial charge is 0.273 e. The first kappa shape index (κ1) is 22.8. The number of nitrogens with zero attached hydrogens (tertiary/aromatic N) is 3. The molecular formula is C24H18N4O5S. The summed E-state index contributed by atoms with van der Waals surface area (Å²) in [6.07, 6.45) is 1.09. The normalized spacial score (nSPS) is 11.3. The Bertz CT molecular complexity index is 1640. The number of nitriles is 1. The van der Waals surface area contributed by atoms with Crippen LogP contribution in [0.25, 0.3) is 27.7 Å². The Morgan fingerprint density at radius 1 is 1.03 bits per heavy atom. The molecule has 0 saturated carbocycles. The molecule has 1 heterocycles. The molecule has 0 spiro atoms. The number of hydrogen-bond acceptors (Lipinski definition) is 6. The van der Waals surface area contributed by atoms with E-state index >= 15 is 0 Å². The quantitative estimate of drug-likeness (QED) is 0.336. The summed E-state index contributed by atoms with van der Waals surface area (Å²) in [4.78, 5) is 23.5. The second-order valence-electron chi connectivity index (χ2n) is 7.65. The zero-order valence-electron chi connectivity index (χ0n) is 17.9. The minimum atomic E-state index is -3.34. The lowest BCUT2D eigenvalue weighted by Crippen LogP contribution is -2.21. The summed E-state index contributed by atoms with van der Waals surface area (Å²) in [6.45, 7) is 0.138. The lowest BCUT2D eigenvalue weighted by atomic mass is 10.0. The van der Waals surface area contributed by atoms with Crippen molar-refractivity contribution in [2.45, 2.75) is 6.54 Å². The highest BCUT2D eigenvalue weighted by atomic mass is 32.2. The Morgan fingerprint density at radius 2 is 1.74 bits per heavy atom. The molecule has 0 atom stereocenters. The number of nitro benzene ring substituents is 1. The molecular weight excluding hydrogens is 456 g/mol. The van der Waals surface area contributed by atoms with E-state index in [1.807, 2.05) is 24.3 Å². The molecule has 0 aliphatic carbocycles. The van der Waals surface area contributed by atoms with Gasteiger partial charge in [0.1, 0.15) is 11.6 Å². The Kier molecular flexibility index (Phi) is 5.98. The first-order valence-corrected chi connectivity index (χ1v) is 11.9. The van der Waals surface area contributed by atoms with E-state index in [4.69, 9.17) is 0 Å². The second kappa shape index (κ2) is 8.90. The van der Waals surface area contributed by atoms with Gasteiger partial charge in [-0.1, -0.05) is 30.3 Å². The van der Waals surface area contributed by atoms with E-state index in [2.05, 4.69) is 4.72 Å². The van der Waals surface area contributed by atoms with Gasteiger partial charge in [-0.05, 0) is 47.0 Å². The second-order valence-corrected chi connectivity index (χ2v) is 9.48. The van der Waals surface area contributed by atoms with E-state index in [0.29, 0.717) is 16.6 Å². The highest BCUT2D eigenvalue weighted by Gasteiger charge is 2.14. The number of pyridine rings is 1. The molecule has 3 aromatic carbocycles. The lowest BCUT2D eigenvalue weighted by molar-refractivity contribution is -0.384. The van der Waals surface area contributed by atoms with E-state index < -0.39 is 20.5 Å². The van der Waals surface area contributed by atoms with Crippen LogP contribution in [0.3, 0.4) is 0 Å². The van der Waals surface area contributed by atoms with E-state index in [1.54, 1.807) is 24.3 Å². The van der Waals surface area contributed by atoms with Crippen LogP contribution in [-0.4, -0.2) is 24.2 Å². The molecule has 0 aliphatic heterocycles. The van der Waals surface area contributed by atoms with Crippen molar-refractivity contribution in [3.05, 3.63) is 104 Å². The average Bonchev–Trinajstić information content (AvgIpc) is 2.82. The third-order valence-corrected chi connectivity index (χ3v) is 5.91. The number of hydrogen-bond donors (Lipinski definition) is 1. The third-order valence-electron chi connectivity index (χ3n) is 5.24. The van der Waals surface area contributed by atoms with E-state index in [9.17, 15) is 28.6 Å². The lowest BCUT2D eigenvalue weighted by Gasteiger charge is -2.13. The number of fused-ring (bicyclic) bond motifs is 1. The first-order chi connectivity index (χ1) is 16.2. The minimum Gasteiger partial charge on any atom is -0.276 e. The topological polar surface area (TPSA) is 135 Å². The van der Waals surface area contributed by atoms with Gasteiger partial charge in [0.15, 0.2) is 0 Å². The maximum atomic E-state index is 13.1. The van der Waals surface area contributed by atoms with Crippen molar-refractivity contribution in [1.29, 1.82) is 5.26 Å².